The van der Waals surface area contributed by atoms with Crippen LogP contribution in [0.25, 0.3) is 11.6 Å². The van der Waals surface area contributed by atoms with Gasteiger partial charge in [-0.3, -0.25) is 0 Å². The fraction of sp³-hybridized carbons (Fsp3) is 0.0714. The molecule has 0 saturated heterocycles. The molecule has 5 nitrogen and oxygen atoms in total. The molecule has 0 aliphatic carbocycles. The Kier molecular flexibility index (Phi) is 3.77. The summed E-state index contributed by atoms with van der Waals surface area (Å²) in [7, 11) is 0. The molecule has 106 valence electrons. The third-order valence-electron chi connectivity index (χ3n) is 2.85. The zero-order valence-corrected chi connectivity index (χ0v) is 12.3. The van der Waals surface area contributed by atoms with E-state index in [0.29, 0.717) is 39.7 Å². The van der Waals surface area contributed by atoms with Crippen molar-refractivity contribution in [1.29, 1.82) is 0 Å². The summed E-state index contributed by atoms with van der Waals surface area (Å²) in [6, 6.07) is 10.5. The molecule has 0 radical (unpaired) electrons. The van der Waals surface area contributed by atoms with E-state index in [2.05, 4.69) is 15.1 Å². The monoisotopic (exact) mass is 320 g/mol. The number of nitrogens with zero attached hydrogens (tertiary/aromatic N) is 3. The van der Waals surface area contributed by atoms with Crippen LogP contribution in [-0.4, -0.2) is 15.1 Å². The van der Waals surface area contributed by atoms with E-state index in [1.165, 1.54) is 0 Å². The van der Waals surface area contributed by atoms with Crippen LogP contribution in [0.15, 0.2) is 40.9 Å². The molecule has 0 spiro atoms. The molecule has 0 aliphatic heterocycles. The summed E-state index contributed by atoms with van der Waals surface area (Å²) in [6.45, 7) is 0. The molecule has 3 aromatic rings. The van der Waals surface area contributed by atoms with Crippen LogP contribution in [0.5, 0.6) is 0 Å². The summed E-state index contributed by atoms with van der Waals surface area (Å²) in [5, 5.41) is 5.05. The second kappa shape index (κ2) is 5.71. The second-order valence-electron chi connectivity index (χ2n) is 4.34. The lowest BCUT2D eigenvalue weighted by Crippen LogP contribution is -1.94. The van der Waals surface area contributed by atoms with Crippen molar-refractivity contribution < 1.29 is 4.52 Å². The fourth-order valence-electron chi connectivity index (χ4n) is 1.86. The molecular formula is C14H10Cl2N4O. The number of anilines is 1. The molecule has 0 atom stereocenters. The smallest absolute Gasteiger partial charge is 0.276 e. The molecule has 0 amide bonds. The summed E-state index contributed by atoms with van der Waals surface area (Å²) in [5.74, 6) is 1.17. The van der Waals surface area contributed by atoms with Crippen molar-refractivity contribution in [3.63, 3.8) is 0 Å². The van der Waals surface area contributed by atoms with Crippen LogP contribution in [-0.2, 0) is 6.42 Å². The van der Waals surface area contributed by atoms with E-state index in [9.17, 15) is 0 Å². The van der Waals surface area contributed by atoms with Gasteiger partial charge in [0.05, 0.1) is 0 Å². The first-order valence-corrected chi connectivity index (χ1v) is 6.87. The molecule has 0 bridgehead atoms. The number of benzene rings is 1. The van der Waals surface area contributed by atoms with Crippen LogP contribution < -0.4 is 5.73 Å². The van der Waals surface area contributed by atoms with E-state index in [1.807, 2.05) is 0 Å². The number of nitrogen functional groups attached to an aromatic ring is 1. The third kappa shape index (κ3) is 2.99. The van der Waals surface area contributed by atoms with Crippen molar-refractivity contribution in [1.82, 2.24) is 15.1 Å². The highest BCUT2D eigenvalue weighted by Crippen LogP contribution is 2.26. The highest BCUT2D eigenvalue weighted by atomic mass is 35.5. The van der Waals surface area contributed by atoms with Crippen molar-refractivity contribution in [2.75, 3.05) is 5.73 Å². The quantitative estimate of drug-likeness (QED) is 0.797. The largest absolute Gasteiger partial charge is 0.384 e. The van der Waals surface area contributed by atoms with Crippen molar-refractivity contribution in [3.8, 4) is 11.6 Å². The maximum Gasteiger partial charge on any atom is 0.276 e. The number of rotatable bonds is 3. The van der Waals surface area contributed by atoms with Gasteiger partial charge < -0.3 is 10.3 Å². The van der Waals surface area contributed by atoms with Crippen LogP contribution >= 0.6 is 23.2 Å². The number of aromatic nitrogens is 3. The maximum atomic E-state index is 6.12. The van der Waals surface area contributed by atoms with Crippen LogP contribution in [0.2, 0.25) is 10.0 Å². The van der Waals surface area contributed by atoms with E-state index >= 15 is 0 Å². The predicted molar refractivity (Wildman–Crippen MR) is 81.2 cm³/mol. The van der Waals surface area contributed by atoms with Crippen molar-refractivity contribution in [3.05, 3.63) is 57.8 Å². The topological polar surface area (TPSA) is 77.8 Å². The Hall–Kier alpha value is -2.11. The average molecular weight is 321 g/mol. The normalized spacial score (nSPS) is 10.8. The summed E-state index contributed by atoms with van der Waals surface area (Å²) >= 11 is 12.2. The standard InChI is InChI=1S/C14H10Cl2N4O/c15-9-3-1-4-10(16)8(9)7-13-19-14(21-20-13)11-5-2-6-12(17)18-11/h1-6H,7H2,(H2,17,18). The molecule has 2 N–H and O–H groups in total. The summed E-state index contributed by atoms with van der Waals surface area (Å²) in [5.41, 5.74) is 6.92. The van der Waals surface area contributed by atoms with E-state index in [-0.39, 0.29) is 0 Å². The molecule has 1 aromatic carbocycles. The Morgan fingerprint density at radius 1 is 1.00 bits per heavy atom. The lowest BCUT2D eigenvalue weighted by atomic mass is 10.1. The Labute approximate surface area is 130 Å². The third-order valence-corrected chi connectivity index (χ3v) is 3.56. The molecule has 21 heavy (non-hydrogen) atoms. The van der Waals surface area contributed by atoms with E-state index in [4.69, 9.17) is 33.5 Å². The zero-order chi connectivity index (χ0) is 14.8. The van der Waals surface area contributed by atoms with Crippen molar-refractivity contribution in [2.24, 2.45) is 0 Å². The molecular weight excluding hydrogens is 311 g/mol. The Balaban J connectivity index is 1.89. The van der Waals surface area contributed by atoms with Crippen LogP contribution in [0.4, 0.5) is 5.82 Å². The Morgan fingerprint density at radius 3 is 2.43 bits per heavy atom. The summed E-state index contributed by atoms with van der Waals surface area (Å²) in [4.78, 5) is 8.41. The lowest BCUT2D eigenvalue weighted by Gasteiger charge is -2.03. The van der Waals surface area contributed by atoms with Gasteiger partial charge >= 0.3 is 0 Å². The second-order valence-corrected chi connectivity index (χ2v) is 5.15. The first-order valence-electron chi connectivity index (χ1n) is 6.12. The number of halogens is 2. The zero-order valence-electron chi connectivity index (χ0n) is 10.8. The first kappa shape index (κ1) is 13.9. The molecule has 2 heterocycles. The van der Waals surface area contributed by atoms with Gasteiger partial charge in [0.25, 0.3) is 5.89 Å². The SMILES string of the molecule is Nc1cccc(-c2nc(Cc3c(Cl)cccc3Cl)no2)n1. The number of nitrogens with two attached hydrogens (primary N) is 1. The molecule has 2 aromatic heterocycles. The van der Waals surface area contributed by atoms with Gasteiger partial charge in [0.2, 0.25) is 0 Å². The van der Waals surface area contributed by atoms with Gasteiger partial charge in [-0.25, -0.2) is 4.98 Å². The van der Waals surface area contributed by atoms with Crippen LogP contribution in [0.3, 0.4) is 0 Å². The molecule has 0 saturated carbocycles. The number of hydrogen-bond acceptors (Lipinski definition) is 5. The van der Waals surface area contributed by atoms with E-state index < -0.39 is 0 Å². The highest BCUT2D eigenvalue weighted by molar-refractivity contribution is 6.36. The molecule has 0 fully saturated rings. The molecule has 3 rings (SSSR count). The van der Waals surface area contributed by atoms with Crippen LogP contribution in [0, 0.1) is 0 Å². The molecule has 0 unspecified atom stereocenters. The average Bonchev–Trinajstić information content (AvgIpc) is 2.92. The minimum absolute atomic E-state index is 0.306. The number of hydrogen-bond donors (Lipinski definition) is 1. The van der Waals surface area contributed by atoms with Gasteiger partial charge in [-0.15, -0.1) is 0 Å². The first-order chi connectivity index (χ1) is 10.1. The van der Waals surface area contributed by atoms with Gasteiger partial charge in [-0.1, -0.05) is 40.5 Å². The fourth-order valence-corrected chi connectivity index (χ4v) is 2.39. The molecule has 0 aliphatic rings. The minimum Gasteiger partial charge on any atom is -0.384 e. The lowest BCUT2D eigenvalue weighted by molar-refractivity contribution is 0.422. The van der Waals surface area contributed by atoms with Crippen LogP contribution in [0.1, 0.15) is 11.4 Å². The Bertz CT molecular complexity index is 768. The highest BCUT2D eigenvalue weighted by Gasteiger charge is 2.13. The van der Waals surface area contributed by atoms with E-state index in [1.54, 1.807) is 36.4 Å². The van der Waals surface area contributed by atoms with Gasteiger partial charge in [-0.05, 0) is 29.8 Å². The predicted octanol–water partition coefficient (Wildman–Crippen LogP) is 3.61. The van der Waals surface area contributed by atoms with Crippen molar-refractivity contribution >= 4 is 29.0 Å². The molecule has 7 heteroatoms. The number of pyridine rings is 1. The van der Waals surface area contributed by atoms with E-state index in [0.717, 1.165) is 5.56 Å². The van der Waals surface area contributed by atoms with Gasteiger partial charge in [0.1, 0.15) is 11.5 Å². The van der Waals surface area contributed by atoms with Gasteiger partial charge in [-0.2, -0.15) is 4.98 Å². The van der Waals surface area contributed by atoms with Gasteiger partial charge in [0, 0.05) is 16.5 Å². The maximum absolute atomic E-state index is 6.12. The van der Waals surface area contributed by atoms with Gasteiger partial charge in [0.15, 0.2) is 5.82 Å². The Morgan fingerprint density at radius 2 is 1.71 bits per heavy atom. The minimum atomic E-state index is 0.306. The van der Waals surface area contributed by atoms with Crippen molar-refractivity contribution in [2.45, 2.75) is 6.42 Å². The summed E-state index contributed by atoms with van der Waals surface area (Å²) < 4.78 is 5.19. The summed E-state index contributed by atoms with van der Waals surface area (Å²) in [6.07, 6.45) is 0.379.